The Morgan fingerprint density at radius 3 is 2.70 bits per heavy atom. The van der Waals surface area contributed by atoms with Crippen LogP contribution in [0, 0.1) is 11.8 Å². The van der Waals surface area contributed by atoms with Crippen molar-refractivity contribution in [3.05, 3.63) is 0 Å². The van der Waals surface area contributed by atoms with Crippen molar-refractivity contribution in [1.82, 2.24) is 9.80 Å². The molecule has 2 unspecified atom stereocenters. The number of aliphatic carboxylic acids is 1. The van der Waals surface area contributed by atoms with Gasteiger partial charge >= 0.3 is 5.97 Å². The van der Waals surface area contributed by atoms with Crippen LogP contribution >= 0.6 is 0 Å². The number of rotatable bonds is 4. The molecule has 0 spiro atoms. The van der Waals surface area contributed by atoms with E-state index in [1.807, 2.05) is 6.92 Å². The van der Waals surface area contributed by atoms with Crippen molar-refractivity contribution < 1.29 is 19.5 Å². The molecule has 2 saturated heterocycles. The van der Waals surface area contributed by atoms with Gasteiger partial charge in [0.15, 0.2) is 0 Å². The number of carbonyl (C=O) groups is 3. The molecule has 2 fully saturated rings. The van der Waals surface area contributed by atoms with Crippen LogP contribution in [0.25, 0.3) is 0 Å². The summed E-state index contributed by atoms with van der Waals surface area (Å²) in [7, 11) is 0. The Hall–Kier alpha value is -1.59. The first-order valence-electron chi connectivity index (χ1n) is 7.29. The fourth-order valence-electron chi connectivity index (χ4n) is 3.18. The molecule has 112 valence electrons. The van der Waals surface area contributed by atoms with Gasteiger partial charge in [-0.3, -0.25) is 14.4 Å². The number of carboxylic acids is 1. The van der Waals surface area contributed by atoms with E-state index >= 15 is 0 Å². The maximum Gasteiger partial charge on any atom is 0.303 e. The van der Waals surface area contributed by atoms with Crippen molar-refractivity contribution in [3.8, 4) is 0 Å². The lowest BCUT2D eigenvalue weighted by Gasteiger charge is -2.33. The maximum absolute atomic E-state index is 12.4. The lowest BCUT2D eigenvalue weighted by atomic mass is 9.93. The van der Waals surface area contributed by atoms with E-state index in [9.17, 15) is 14.4 Å². The molecule has 0 bridgehead atoms. The third kappa shape index (κ3) is 3.29. The van der Waals surface area contributed by atoms with E-state index in [1.54, 1.807) is 9.80 Å². The van der Waals surface area contributed by atoms with Crippen molar-refractivity contribution in [3.63, 3.8) is 0 Å². The first-order chi connectivity index (χ1) is 9.51. The van der Waals surface area contributed by atoms with Gasteiger partial charge in [-0.05, 0) is 25.7 Å². The van der Waals surface area contributed by atoms with Gasteiger partial charge in [0, 0.05) is 39.0 Å². The van der Waals surface area contributed by atoms with Crippen LogP contribution in [0.3, 0.4) is 0 Å². The van der Waals surface area contributed by atoms with Crippen LogP contribution in [0.1, 0.15) is 32.6 Å². The number of amides is 2. The largest absolute Gasteiger partial charge is 0.481 e. The zero-order valence-electron chi connectivity index (χ0n) is 11.9. The fraction of sp³-hybridized carbons (Fsp3) is 0.786. The first-order valence-corrected chi connectivity index (χ1v) is 7.29. The molecule has 2 aliphatic heterocycles. The molecule has 2 amide bonds. The number of hydrogen-bond acceptors (Lipinski definition) is 3. The lowest BCUT2D eigenvalue weighted by molar-refractivity contribution is -0.142. The smallest absolute Gasteiger partial charge is 0.303 e. The van der Waals surface area contributed by atoms with Crippen LogP contribution in [-0.4, -0.2) is 58.9 Å². The van der Waals surface area contributed by atoms with Crippen LogP contribution in [0.4, 0.5) is 0 Å². The summed E-state index contributed by atoms with van der Waals surface area (Å²) in [5.74, 6) is -0.942. The van der Waals surface area contributed by atoms with Gasteiger partial charge in [0.25, 0.3) is 0 Å². The highest BCUT2D eigenvalue weighted by Crippen LogP contribution is 2.25. The SMILES string of the molecule is CCN1CC(C(=O)N2CCCC(CC(=O)O)C2)CC1=O. The summed E-state index contributed by atoms with van der Waals surface area (Å²) in [5.41, 5.74) is 0. The summed E-state index contributed by atoms with van der Waals surface area (Å²) in [5, 5.41) is 8.85. The van der Waals surface area contributed by atoms with Gasteiger partial charge in [-0.15, -0.1) is 0 Å². The highest BCUT2D eigenvalue weighted by molar-refractivity contribution is 5.89. The third-order valence-electron chi connectivity index (χ3n) is 4.24. The minimum Gasteiger partial charge on any atom is -0.481 e. The van der Waals surface area contributed by atoms with Gasteiger partial charge in [0.1, 0.15) is 0 Å². The standard InChI is InChI=1S/C14H22N2O4/c1-2-15-9-11(7-12(15)17)14(20)16-5-3-4-10(8-16)6-13(18)19/h10-11H,2-9H2,1H3,(H,18,19). The summed E-state index contributed by atoms with van der Waals surface area (Å²) in [6.07, 6.45) is 2.13. The molecule has 1 N–H and O–H groups in total. The molecule has 2 atom stereocenters. The molecule has 0 aromatic rings. The van der Waals surface area contributed by atoms with Crippen LogP contribution in [-0.2, 0) is 14.4 Å². The minimum absolute atomic E-state index is 0.0180. The van der Waals surface area contributed by atoms with Crippen molar-refractivity contribution >= 4 is 17.8 Å². The second-order valence-corrected chi connectivity index (χ2v) is 5.72. The van der Waals surface area contributed by atoms with E-state index in [1.165, 1.54) is 0 Å². The second kappa shape index (κ2) is 6.24. The summed E-state index contributed by atoms with van der Waals surface area (Å²) >= 11 is 0. The second-order valence-electron chi connectivity index (χ2n) is 5.72. The first kappa shape index (κ1) is 14.8. The molecule has 6 nitrogen and oxygen atoms in total. The van der Waals surface area contributed by atoms with Crippen LogP contribution < -0.4 is 0 Å². The van der Waals surface area contributed by atoms with Crippen molar-refractivity contribution in [1.29, 1.82) is 0 Å². The molecule has 0 aromatic heterocycles. The fourth-order valence-corrected chi connectivity index (χ4v) is 3.18. The van der Waals surface area contributed by atoms with Gasteiger partial charge in [-0.1, -0.05) is 0 Å². The van der Waals surface area contributed by atoms with E-state index in [0.29, 0.717) is 32.6 Å². The highest BCUT2D eigenvalue weighted by Gasteiger charge is 2.37. The summed E-state index contributed by atoms with van der Waals surface area (Å²) < 4.78 is 0. The molecule has 2 heterocycles. The number of likely N-dealkylation sites (tertiary alicyclic amines) is 2. The van der Waals surface area contributed by atoms with Crippen molar-refractivity contribution in [2.24, 2.45) is 11.8 Å². The number of nitrogens with zero attached hydrogens (tertiary/aromatic N) is 2. The monoisotopic (exact) mass is 282 g/mol. The molecule has 2 aliphatic rings. The molecular weight excluding hydrogens is 260 g/mol. The van der Waals surface area contributed by atoms with Gasteiger partial charge in [-0.2, -0.15) is 0 Å². The molecule has 0 aliphatic carbocycles. The maximum atomic E-state index is 12.4. The topological polar surface area (TPSA) is 77.9 Å². The Morgan fingerprint density at radius 1 is 1.35 bits per heavy atom. The molecule has 20 heavy (non-hydrogen) atoms. The Labute approximate surface area is 118 Å². The zero-order chi connectivity index (χ0) is 14.7. The third-order valence-corrected chi connectivity index (χ3v) is 4.24. The Bertz CT molecular complexity index is 410. The molecule has 0 saturated carbocycles. The Balaban J connectivity index is 1.92. The zero-order valence-corrected chi connectivity index (χ0v) is 11.9. The number of carboxylic acid groups (broad SMARTS) is 1. The van der Waals surface area contributed by atoms with E-state index in [4.69, 9.17) is 5.11 Å². The summed E-state index contributed by atoms with van der Waals surface area (Å²) in [6.45, 7) is 4.26. The Morgan fingerprint density at radius 2 is 2.10 bits per heavy atom. The van der Waals surface area contributed by atoms with Crippen LogP contribution in [0.15, 0.2) is 0 Å². The average Bonchev–Trinajstić information content (AvgIpc) is 2.78. The number of carbonyl (C=O) groups excluding carboxylic acids is 2. The van der Waals surface area contributed by atoms with Crippen LogP contribution in [0.5, 0.6) is 0 Å². The van der Waals surface area contributed by atoms with E-state index < -0.39 is 5.97 Å². The number of hydrogen-bond donors (Lipinski definition) is 1. The van der Waals surface area contributed by atoms with Crippen LogP contribution in [0.2, 0.25) is 0 Å². The van der Waals surface area contributed by atoms with Gasteiger partial charge in [0.2, 0.25) is 11.8 Å². The molecule has 0 radical (unpaired) electrons. The van der Waals surface area contributed by atoms with E-state index in [0.717, 1.165) is 12.8 Å². The molecular formula is C14H22N2O4. The molecule has 6 heteroatoms. The van der Waals surface area contributed by atoms with E-state index in [2.05, 4.69) is 0 Å². The van der Waals surface area contributed by atoms with Gasteiger partial charge in [0.05, 0.1) is 5.92 Å². The normalized spacial score (nSPS) is 26.9. The predicted molar refractivity (Wildman–Crippen MR) is 71.9 cm³/mol. The Kier molecular flexibility index (Phi) is 4.62. The predicted octanol–water partition coefficient (Wildman–Crippen LogP) is 0.568. The minimum atomic E-state index is -0.808. The van der Waals surface area contributed by atoms with Gasteiger partial charge in [-0.25, -0.2) is 0 Å². The molecule has 2 rings (SSSR count). The van der Waals surface area contributed by atoms with Crippen molar-refractivity contribution in [2.75, 3.05) is 26.2 Å². The average molecular weight is 282 g/mol. The molecule has 0 aromatic carbocycles. The summed E-state index contributed by atoms with van der Waals surface area (Å²) in [4.78, 5) is 38.4. The highest BCUT2D eigenvalue weighted by atomic mass is 16.4. The van der Waals surface area contributed by atoms with Crippen molar-refractivity contribution in [2.45, 2.75) is 32.6 Å². The lowest BCUT2D eigenvalue weighted by Crippen LogP contribution is -2.44. The van der Waals surface area contributed by atoms with E-state index in [-0.39, 0.29) is 30.1 Å². The quantitative estimate of drug-likeness (QED) is 0.817. The summed E-state index contributed by atoms with van der Waals surface area (Å²) in [6, 6.07) is 0. The number of piperidine rings is 1. The van der Waals surface area contributed by atoms with Gasteiger partial charge < -0.3 is 14.9 Å².